The van der Waals surface area contributed by atoms with E-state index in [9.17, 15) is 9.59 Å². The van der Waals surface area contributed by atoms with Gasteiger partial charge < -0.3 is 4.90 Å². The molecule has 0 radical (unpaired) electrons. The van der Waals surface area contributed by atoms with E-state index in [0.29, 0.717) is 10.7 Å². The normalized spacial score (nSPS) is 19.8. The molecule has 0 saturated carbocycles. The fourth-order valence-corrected chi connectivity index (χ4v) is 4.90. The Morgan fingerprint density at radius 3 is 2.44 bits per heavy atom. The summed E-state index contributed by atoms with van der Waals surface area (Å²) in [5.41, 5.74) is 4.02. The summed E-state index contributed by atoms with van der Waals surface area (Å²) >= 11 is 9.96. The zero-order valence-corrected chi connectivity index (χ0v) is 17.9. The number of carbonyl (C=O) groups is 2. The summed E-state index contributed by atoms with van der Waals surface area (Å²) in [6.07, 6.45) is 0.567. The highest BCUT2D eigenvalue weighted by Crippen LogP contribution is 2.42. The Morgan fingerprint density at radius 2 is 1.74 bits per heavy atom. The molecule has 142 valence electrons. The summed E-state index contributed by atoms with van der Waals surface area (Å²) in [6.45, 7) is 1.63. The average molecular weight is 470 g/mol. The van der Waals surface area contributed by atoms with Crippen LogP contribution < -0.4 is 4.90 Å². The molecule has 0 spiro atoms. The number of imide groups is 1. The van der Waals surface area contributed by atoms with Gasteiger partial charge in [-0.15, -0.1) is 12.4 Å². The van der Waals surface area contributed by atoms with E-state index in [4.69, 9.17) is 11.6 Å². The number of hydrogen-bond acceptors (Lipinski definition) is 3. The van der Waals surface area contributed by atoms with Crippen molar-refractivity contribution in [3.05, 3.63) is 62.6 Å². The molecule has 0 aromatic heterocycles. The second kappa shape index (κ2) is 7.92. The monoisotopic (exact) mass is 468 g/mol. The van der Waals surface area contributed by atoms with Crippen molar-refractivity contribution in [1.29, 1.82) is 0 Å². The lowest BCUT2D eigenvalue weighted by molar-refractivity contribution is -0.121. The number of anilines is 1. The molecule has 0 N–H and O–H groups in total. The first-order valence-electron chi connectivity index (χ1n) is 8.57. The minimum absolute atomic E-state index is 0. The Morgan fingerprint density at radius 1 is 1.07 bits per heavy atom. The number of halogens is 3. The van der Waals surface area contributed by atoms with Crippen LogP contribution in [0.4, 0.5) is 5.69 Å². The number of hydrogen-bond donors (Lipinski definition) is 0. The summed E-state index contributed by atoms with van der Waals surface area (Å²) in [5.74, 6) is -0.214. The first kappa shape index (κ1) is 20.3. The van der Waals surface area contributed by atoms with E-state index in [0.717, 1.165) is 28.7 Å². The van der Waals surface area contributed by atoms with Gasteiger partial charge in [0.05, 0.1) is 5.69 Å². The number of amides is 2. The van der Waals surface area contributed by atoms with E-state index in [-0.39, 0.29) is 43.0 Å². The van der Waals surface area contributed by atoms with Crippen LogP contribution in [0.5, 0.6) is 0 Å². The Bertz CT molecular complexity index is 903. The Labute approximate surface area is 178 Å². The van der Waals surface area contributed by atoms with Crippen LogP contribution in [0.15, 0.2) is 40.9 Å². The summed E-state index contributed by atoms with van der Waals surface area (Å²) in [7, 11) is 2.08. The lowest BCUT2D eigenvalue weighted by Gasteiger charge is -2.35. The Kier molecular flexibility index (Phi) is 5.96. The van der Waals surface area contributed by atoms with Gasteiger partial charge in [-0.1, -0.05) is 45.7 Å². The average Bonchev–Trinajstić information content (AvgIpc) is 2.93. The molecule has 2 aliphatic heterocycles. The minimum Gasteiger partial charge on any atom is -0.301 e. The summed E-state index contributed by atoms with van der Waals surface area (Å²) in [5, 5.41) is 0.677. The molecule has 4 rings (SSSR count). The van der Waals surface area contributed by atoms with E-state index in [2.05, 4.69) is 27.9 Å². The number of para-hydroxylation sites is 1. The molecular formula is C20H19BrCl2N2O2. The van der Waals surface area contributed by atoms with E-state index < -0.39 is 0 Å². The summed E-state index contributed by atoms with van der Waals surface area (Å²) in [6, 6.07) is 11.6. The van der Waals surface area contributed by atoms with Crippen molar-refractivity contribution in [2.75, 3.05) is 18.5 Å². The first-order valence-corrected chi connectivity index (χ1v) is 9.74. The van der Waals surface area contributed by atoms with Crippen LogP contribution >= 0.6 is 39.9 Å². The first-order chi connectivity index (χ1) is 12.5. The second-order valence-corrected chi connectivity index (χ2v) is 8.18. The maximum absolute atomic E-state index is 12.3. The minimum atomic E-state index is -0.126. The summed E-state index contributed by atoms with van der Waals surface area (Å²) < 4.78 is 0.988. The van der Waals surface area contributed by atoms with Crippen molar-refractivity contribution in [2.24, 2.45) is 0 Å². The predicted octanol–water partition coefficient (Wildman–Crippen LogP) is 4.76. The molecule has 2 aliphatic rings. The van der Waals surface area contributed by atoms with E-state index in [1.165, 1.54) is 10.5 Å². The number of fused-ring (bicyclic) bond motifs is 1. The van der Waals surface area contributed by atoms with Gasteiger partial charge in [0, 0.05) is 41.3 Å². The Hall–Kier alpha value is -1.40. The van der Waals surface area contributed by atoms with Crippen molar-refractivity contribution in [3.63, 3.8) is 0 Å². The van der Waals surface area contributed by atoms with Crippen molar-refractivity contribution >= 4 is 57.4 Å². The molecule has 1 saturated heterocycles. The molecule has 1 atom stereocenters. The second-order valence-electron chi connectivity index (χ2n) is 6.89. The van der Waals surface area contributed by atoms with Gasteiger partial charge in [-0.3, -0.25) is 14.5 Å². The highest BCUT2D eigenvalue weighted by molar-refractivity contribution is 9.10. The molecule has 2 aromatic rings. The topological polar surface area (TPSA) is 40.6 Å². The molecular weight excluding hydrogens is 451 g/mol. The molecule has 7 heteroatoms. The molecule has 2 aromatic carbocycles. The Balaban J connectivity index is 0.00000210. The van der Waals surface area contributed by atoms with Crippen LogP contribution in [0.25, 0.3) is 0 Å². The van der Waals surface area contributed by atoms with Gasteiger partial charge in [0.15, 0.2) is 0 Å². The fourth-order valence-electron chi connectivity index (χ4n) is 3.94. The molecule has 0 bridgehead atoms. The maximum Gasteiger partial charge on any atom is 0.234 e. The lowest BCUT2D eigenvalue weighted by Crippen LogP contribution is -2.34. The summed E-state index contributed by atoms with van der Waals surface area (Å²) in [4.78, 5) is 28.2. The van der Waals surface area contributed by atoms with Crippen molar-refractivity contribution < 1.29 is 9.59 Å². The molecule has 2 heterocycles. The fraction of sp³-hybridized carbons (Fsp3) is 0.300. The van der Waals surface area contributed by atoms with Crippen molar-refractivity contribution in [3.8, 4) is 0 Å². The molecule has 1 fully saturated rings. The molecule has 0 aliphatic carbocycles. The van der Waals surface area contributed by atoms with Gasteiger partial charge in [0.25, 0.3) is 0 Å². The molecule has 2 amide bonds. The molecule has 27 heavy (non-hydrogen) atoms. The highest BCUT2D eigenvalue weighted by atomic mass is 79.9. The standard InChI is InChI=1S/C20H18BrClN2O2.ClH/c1-23-10-15(14-8-12(22)9-17(21)16(14)11-23)13-4-2-3-5-18(13)24-19(25)6-7-20(24)26;/h2-5,8-9,15H,6-7,10-11H2,1H3;1H. The number of likely N-dealkylation sites (N-methyl/N-ethyl adjacent to an activating group) is 1. The smallest absolute Gasteiger partial charge is 0.234 e. The number of benzene rings is 2. The predicted molar refractivity (Wildman–Crippen MR) is 113 cm³/mol. The van der Waals surface area contributed by atoms with Crippen LogP contribution in [0.1, 0.15) is 35.4 Å². The largest absolute Gasteiger partial charge is 0.301 e. The number of rotatable bonds is 2. The van der Waals surface area contributed by atoms with E-state index in [1.54, 1.807) is 0 Å². The third-order valence-electron chi connectivity index (χ3n) is 5.10. The molecule has 4 nitrogen and oxygen atoms in total. The SMILES string of the molecule is CN1Cc2c(Br)cc(Cl)cc2C(c2ccccc2N2C(=O)CCC2=O)C1.Cl. The third-order valence-corrected chi connectivity index (χ3v) is 6.02. The van der Waals surface area contributed by atoms with Gasteiger partial charge in [-0.25, -0.2) is 0 Å². The lowest BCUT2D eigenvalue weighted by atomic mass is 9.84. The highest BCUT2D eigenvalue weighted by Gasteiger charge is 2.35. The van der Waals surface area contributed by atoms with E-state index in [1.807, 2.05) is 36.4 Å². The zero-order valence-electron chi connectivity index (χ0n) is 14.7. The van der Waals surface area contributed by atoms with Gasteiger partial charge in [0.1, 0.15) is 0 Å². The molecule has 1 unspecified atom stereocenters. The number of nitrogens with zero attached hydrogens (tertiary/aromatic N) is 2. The van der Waals surface area contributed by atoms with Crippen molar-refractivity contribution in [1.82, 2.24) is 4.90 Å². The van der Waals surface area contributed by atoms with Crippen molar-refractivity contribution in [2.45, 2.75) is 25.3 Å². The van der Waals surface area contributed by atoms with Crippen LogP contribution in [-0.4, -0.2) is 30.3 Å². The maximum atomic E-state index is 12.3. The van der Waals surface area contributed by atoms with E-state index >= 15 is 0 Å². The van der Waals surface area contributed by atoms with Gasteiger partial charge in [-0.05, 0) is 41.9 Å². The van der Waals surface area contributed by atoms with Crippen LogP contribution in [0.2, 0.25) is 5.02 Å². The van der Waals surface area contributed by atoms with Gasteiger partial charge in [0.2, 0.25) is 11.8 Å². The van der Waals surface area contributed by atoms with Crippen LogP contribution in [-0.2, 0) is 16.1 Å². The van der Waals surface area contributed by atoms with Gasteiger partial charge >= 0.3 is 0 Å². The number of carbonyl (C=O) groups excluding carboxylic acids is 2. The quantitative estimate of drug-likeness (QED) is 0.595. The van der Waals surface area contributed by atoms with Gasteiger partial charge in [-0.2, -0.15) is 0 Å². The van der Waals surface area contributed by atoms with Crippen LogP contribution in [0.3, 0.4) is 0 Å². The third kappa shape index (κ3) is 3.66. The van der Waals surface area contributed by atoms with Crippen LogP contribution in [0, 0.1) is 0 Å². The zero-order chi connectivity index (χ0) is 18.4.